The van der Waals surface area contributed by atoms with Gasteiger partial charge in [-0.3, -0.25) is 4.79 Å². The number of ether oxygens (including phenoxy) is 2. The molecule has 0 aromatic carbocycles. The molecule has 80 valence electrons. The molecule has 1 saturated heterocycles. The molecule has 0 bridgehead atoms. The molecule has 1 saturated carbocycles. The largest absolute Gasteiger partial charge is 0.469 e. The Morgan fingerprint density at radius 2 is 2.14 bits per heavy atom. The summed E-state index contributed by atoms with van der Waals surface area (Å²) >= 11 is 0. The van der Waals surface area contributed by atoms with Crippen LogP contribution in [0.3, 0.4) is 0 Å². The standard InChI is InChI=1S/C10H17NO3/c1-13-9(12)7-6-8(11)10(7)2-4-14-5-3-10/h7-8H,2-6,11H2,1H3/t7-,8-/m0/s1. The lowest BCUT2D eigenvalue weighted by Crippen LogP contribution is -2.62. The maximum absolute atomic E-state index is 11.5. The summed E-state index contributed by atoms with van der Waals surface area (Å²) in [4.78, 5) is 11.5. The molecule has 0 aromatic heterocycles. The molecule has 1 aliphatic heterocycles. The lowest BCUT2D eigenvalue weighted by molar-refractivity contribution is -0.168. The van der Waals surface area contributed by atoms with Crippen LogP contribution in [0.5, 0.6) is 0 Å². The van der Waals surface area contributed by atoms with Crippen LogP contribution in [-0.2, 0) is 14.3 Å². The van der Waals surface area contributed by atoms with Crippen molar-refractivity contribution in [1.82, 2.24) is 0 Å². The van der Waals surface area contributed by atoms with Crippen molar-refractivity contribution in [3.8, 4) is 0 Å². The minimum atomic E-state index is -0.103. The van der Waals surface area contributed by atoms with Gasteiger partial charge in [0.25, 0.3) is 0 Å². The predicted molar refractivity (Wildman–Crippen MR) is 50.6 cm³/mol. The molecule has 2 rings (SSSR count). The summed E-state index contributed by atoms with van der Waals surface area (Å²) in [6.45, 7) is 1.45. The first-order valence-corrected chi connectivity index (χ1v) is 5.12. The van der Waals surface area contributed by atoms with E-state index in [0.717, 1.165) is 32.5 Å². The Bertz CT molecular complexity index is 236. The van der Waals surface area contributed by atoms with E-state index in [9.17, 15) is 4.79 Å². The van der Waals surface area contributed by atoms with Gasteiger partial charge in [0.2, 0.25) is 0 Å². The number of carbonyl (C=O) groups excluding carboxylic acids is 1. The third kappa shape index (κ3) is 1.25. The van der Waals surface area contributed by atoms with E-state index < -0.39 is 0 Å². The molecular formula is C10H17NO3. The van der Waals surface area contributed by atoms with E-state index in [-0.39, 0.29) is 23.3 Å². The van der Waals surface area contributed by atoms with Crippen molar-refractivity contribution in [2.45, 2.75) is 25.3 Å². The van der Waals surface area contributed by atoms with Gasteiger partial charge in [0.05, 0.1) is 13.0 Å². The van der Waals surface area contributed by atoms with Crippen LogP contribution in [-0.4, -0.2) is 32.3 Å². The second-order valence-corrected chi connectivity index (χ2v) is 4.26. The summed E-state index contributed by atoms with van der Waals surface area (Å²) < 4.78 is 10.1. The lowest BCUT2D eigenvalue weighted by Gasteiger charge is -2.55. The van der Waals surface area contributed by atoms with E-state index in [1.165, 1.54) is 7.11 Å². The van der Waals surface area contributed by atoms with Gasteiger partial charge in [-0.15, -0.1) is 0 Å². The number of hydrogen-bond donors (Lipinski definition) is 1. The Hall–Kier alpha value is -0.610. The average molecular weight is 199 g/mol. The fourth-order valence-corrected chi connectivity index (χ4v) is 2.77. The van der Waals surface area contributed by atoms with Gasteiger partial charge in [-0.25, -0.2) is 0 Å². The summed E-state index contributed by atoms with van der Waals surface area (Å²) in [6.07, 6.45) is 2.56. The van der Waals surface area contributed by atoms with Gasteiger partial charge in [-0.05, 0) is 19.3 Å². The molecule has 1 aliphatic carbocycles. The maximum atomic E-state index is 11.5. The summed E-state index contributed by atoms with van der Waals surface area (Å²) in [5.41, 5.74) is 5.99. The molecule has 2 atom stereocenters. The normalized spacial score (nSPS) is 35.0. The van der Waals surface area contributed by atoms with Crippen LogP contribution in [0.2, 0.25) is 0 Å². The summed E-state index contributed by atoms with van der Waals surface area (Å²) in [7, 11) is 1.44. The highest BCUT2D eigenvalue weighted by Gasteiger charge is 2.57. The van der Waals surface area contributed by atoms with Crippen LogP contribution in [0.15, 0.2) is 0 Å². The molecule has 14 heavy (non-hydrogen) atoms. The zero-order valence-electron chi connectivity index (χ0n) is 8.49. The predicted octanol–water partition coefficient (Wildman–Crippen LogP) is 0.303. The van der Waals surface area contributed by atoms with Gasteiger partial charge in [0.1, 0.15) is 0 Å². The van der Waals surface area contributed by atoms with Crippen molar-refractivity contribution in [1.29, 1.82) is 0 Å². The van der Waals surface area contributed by atoms with Crippen molar-refractivity contribution in [2.24, 2.45) is 17.1 Å². The molecule has 4 heteroatoms. The SMILES string of the molecule is COC(=O)[C@@H]1C[C@H](N)C12CCOCC2. The average Bonchev–Trinajstić information content (AvgIpc) is 2.26. The van der Waals surface area contributed by atoms with Gasteiger partial charge in [0.15, 0.2) is 0 Å². The summed E-state index contributed by atoms with van der Waals surface area (Å²) in [5.74, 6) is -0.0972. The molecule has 2 N–H and O–H groups in total. The zero-order chi connectivity index (χ0) is 10.2. The maximum Gasteiger partial charge on any atom is 0.309 e. The number of carbonyl (C=O) groups is 1. The first kappa shape index (κ1) is 9.93. The Labute approximate surface area is 83.7 Å². The van der Waals surface area contributed by atoms with Crippen LogP contribution in [0.1, 0.15) is 19.3 Å². The molecule has 4 nitrogen and oxygen atoms in total. The number of nitrogens with two attached hydrogens (primary N) is 1. The minimum absolute atomic E-state index is 0.00593. The molecule has 1 heterocycles. The third-order valence-corrected chi connectivity index (χ3v) is 3.83. The van der Waals surface area contributed by atoms with Gasteiger partial charge in [-0.2, -0.15) is 0 Å². The highest BCUT2D eigenvalue weighted by atomic mass is 16.5. The van der Waals surface area contributed by atoms with Crippen LogP contribution in [0, 0.1) is 11.3 Å². The monoisotopic (exact) mass is 199 g/mol. The Balaban J connectivity index is 2.10. The molecular weight excluding hydrogens is 182 g/mol. The molecule has 0 amide bonds. The highest BCUT2D eigenvalue weighted by Crippen LogP contribution is 2.52. The Kier molecular flexibility index (Phi) is 2.49. The minimum Gasteiger partial charge on any atom is -0.469 e. The third-order valence-electron chi connectivity index (χ3n) is 3.83. The number of esters is 1. The van der Waals surface area contributed by atoms with Crippen LogP contribution >= 0.6 is 0 Å². The van der Waals surface area contributed by atoms with E-state index in [0.29, 0.717) is 0 Å². The van der Waals surface area contributed by atoms with E-state index in [4.69, 9.17) is 15.2 Å². The summed E-state index contributed by atoms with van der Waals surface area (Å²) in [6, 6.07) is 0.149. The molecule has 0 aromatic rings. The van der Waals surface area contributed by atoms with Crippen molar-refractivity contribution in [3.05, 3.63) is 0 Å². The zero-order valence-corrected chi connectivity index (χ0v) is 8.49. The van der Waals surface area contributed by atoms with Gasteiger partial charge in [0, 0.05) is 24.7 Å². The van der Waals surface area contributed by atoms with E-state index in [1.54, 1.807) is 0 Å². The quantitative estimate of drug-likeness (QED) is 0.617. The fraction of sp³-hybridized carbons (Fsp3) is 0.900. The lowest BCUT2D eigenvalue weighted by atomic mass is 9.53. The number of rotatable bonds is 1. The Morgan fingerprint density at radius 1 is 1.50 bits per heavy atom. The molecule has 1 spiro atoms. The van der Waals surface area contributed by atoms with Crippen molar-refractivity contribution in [3.63, 3.8) is 0 Å². The molecule has 2 fully saturated rings. The van der Waals surface area contributed by atoms with Crippen LogP contribution in [0.4, 0.5) is 0 Å². The van der Waals surface area contributed by atoms with E-state index >= 15 is 0 Å². The topological polar surface area (TPSA) is 61.5 Å². The van der Waals surface area contributed by atoms with Gasteiger partial charge in [-0.1, -0.05) is 0 Å². The summed E-state index contributed by atoms with van der Waals surface area (Å²) in [5, 5.41) is 0. The van der Waals surface area contributed by atoms with Gasteiger partial charge < -0.3 is 15.2 Å². The van der Waals surface area contributed by atoms with Crippen molar-refractivity contribution < 1.29 is 14.3 Å². The first-order valence-electron chi connectivity index (χ1n) is 5.12. The van der Waals surface area contributed by atoms with E-state index in [2.05, 4.69) is 0 Å². The van der Waals surface area contributed by atoms with Crippen molar-refractivity contribution in [2.75, 3.05) is 20.3 Å². The molecule has 0 radical (unpaired) electrons. The van der Waals surface area contributed by atoms with Crippen molar-refractivity contribution >= 4 is 5.97 Å². The van der Waals surface area contributed by atoms with Gasteiger partial charge >= 0.3 is 5.97 Å². The van der Waals surface area contributed by atoms with E-state index in [1.807, 2.05) is 0 Å². The Morgan fingerprint density at radius 3 is 2.64 bits per heavy atom. The second kappa shape index (κ2) is 3.51. The highest BCUT2D eigenvalue weighted by molar-refractivity contribution is 5.75. The van der Waals surface area contributed by atoms with Crippen LogP contribution < -0.4 is 5.73 Å². The smallest absolute Gasteiger partial charge is 0.309 e. The molecule has 0 unspecified atom stereocenters. The number of methoxy groups -OCH3 is 1. The fourth-order valence-electron chi connectivity index (χ4n) is 2.77. The second-order valence-electron chi connectivity index (χ2n) is 4.26. The number of hydrogen-bond acceptors (Lipinski definition) is 4. The molecule has 2 aliphatic rings. The van der Waals surface area contributed by atoms with Crippen LogP contribution in [0.25, 0.3) is 0 Å². The first-order chi connectivity index (χ1) is 6.70.